The van der Waals surface area contributed by atoms with Gasteiger partial charge in [0, 0.05) is 18.8 Å². The van der Waals surface area contributed by atoms with E-state index in [9.17, 15) is 4.79 Å². The first kappa shape index (κ1) is 21.2. The first-order valence-corrected chi connectivity index (χ1v) is 9.67. The zero-order chi connectivity index (χ0) is 20.1. The zero-order valence-corrected chi connectivity index (χ0v) is 17.3. The summed E-state index contributed by atoms with van der Waals surface area (Å²) in [7, 11) is 1.64. The fourth-order valence-electron chi connectivity index (χ4n) is 3.55. The number of amides is 1. The number of methoxy groups -OCH3 is 1. The lowest BCUT2D eigenvalue weighted by Crippen LogP contribution is -2.51. The van der Waals surface area contributed by atoms with Crippen LogP contribution in [0, 0.1) is 5.92 Å². The minimum Gasteiger partial charge on any atom is -0.381 e. The number of carbonyl (C=O) groups excluding carboxylic acids is 1. The van der Waals surface area contributed by atoms with Crippen LogP contribution in [-0.4, -0.2) is 48.5 Å². The van der Waals surface area contributed by atoms with E-state index in [1.165, 1.54) is 0 Å². The number of ether oxygens (including phenoxy) is 1. The Kier molecular flexibility index (Phi) is 7.19. The topological polar surface area (TPSA) is 53.9 Å². The molecule has 1 fully saturated rings. The molecular formula is C22H33N3O2. The van der Waals surface area contributed by atoms with Crippen LogP contribution in [0.3, 0.4) is 0 Å². The van der Waals surface area contributed by atoms with Gasteiger partial charge in [0.2, 0.25) is 5.91 Å². The van der Waals surface area contributed by atoms with Crippen molar-refractivity contribution in [3.8, 4) is 0 Å². The third-order valence-corrected chi connectivity index (χ3v) is 5.66. The van der Waals surface area contributed by atoms with Crippen molar-refractivity contribution in [2.45, 2.75) is 58.7 Å². The maximum Gasteiger partial charge on any atom is 0.228 e. The third kappa shape index (κ3) is 4.78. The summed E-state index contributed by atoms with van der Waals surface area (Å²) in [4.78, 5) is 20.0. The van der Waals surface area contributed by atoms with Crippen LogP contribution in [0.2, 0.25) is 0 Å². The molecule has 2 aliphatic heterocycles. The normalized spacial score (nSPS) is 28.7. The lowest BCUT2D eigenvalue weighted by molar-refractivity contribution is -0.140. The number of amidine groups is 1. The van der Waals surface area contributed by atoms with Gasteiger partial charge >= 0.3 is 0 Å². The van der Waals surface area contributed by atoms with Gasteiger partial charge in [-0.25, -0.2) is 0 Å². The quantitative estimate of drug-likeness (QED) is 0.821. The van der Waals surface area contributed by atoms with Crippen LogP contribution < -0.4 is 5.32 Å². The van der Waals surface area contributed by atoms with E-state index < -0.39 is 0 Å². The maximum atomic E-state index is 13.2. The molecule has 1 amide bonds. The fourth-order valence-corrected chi connectivity index (χ4v) is 3.55. The molecule has 148 valence electrons. The molecular weight excluding hydrogens is 338 g/mol. The first-order valence-electron chi connectivity index (χ1n) is 9.67. The lowest BCUT2D eigenvalue weighted by Gasteiger charge is -2.33. The molecule has 0 spiro atoms. The van der Waals surface area contributed by atoms with Gasteiger partial charge in [-0.3, -0.25) is 9.79 Å². The van der Waals surface area contributed by atoms with Crippen LogP contribution >= 0.6 is 0 Å². The van der Waals surface area contributed by atoms with Crippen LogP contribution in [0.4, 0.5) is 0 Å². The molecule has 27 heavy (non-hydrogen) atoms. The summed E-state index contributed by atoms with van der Waals surface area (Å²) in [6.07, 6.45) is 7.60. The predicted octanol–water partition coefficient (Wildman–Crippen LogP) is 3.61. The smallest absolute Gasteiger partial charge is 0.228 e. The molecule has 0 saturated carbocycles. The first-order chi connectivity index (χ1) is 12.8. The Balaban J connectivity index is 2.33. The second-order valence-corrected chi connectivity index (χ2v) is 7.44. The van der Waals surface area contributed by atoms with Gasteiger partial charge in [0.1, 0.15) is 5.84 Å². The molecule has 4 atom stereocenters. The predicted molar refractivity (Wildman–Crippen MR) is 112 cm³/mol. The van der Waals surface area contributed by atoms with Gasteiger partial charge in [-0.2, -0.15) is 0 Å². The third-order valence-electron chi connectivity index (χ3n) is 5.66. The molecule has 1 unspecified atom stereocenters. The Bertz CT molecular complexity index is 690. The summed E-state index contributed by atoms with van der Waals surface area (Å²) in [5.41, 5.74) is 2.75. The van der Waals surface area contributed by atoms with Gasteiger partial charge in [-0.15, -0.1) is 0 Å². The van der Waals surface area contributed by atoms with Gasteiger partial charge < -0.3 is 15.0 Å². The summed E-state index contributed by atoms with van der Waals surface area (Å²) >= 11 is 0. The summed E-state index contributed by atoms with van der Waals surface area (Å²) in [5, 5.41) is 3.33. The van der Waals surface area contributed by atoms with Crippen molar-refractivity contribution >= 4 is 11.7 Å². The molecule has 1 N–H and O–H groups in total. The van der Waals surface area contributed by atoms with Gasteiger partial charge in [-0.05, 0) is 50.8 Å². The summed E-state index contributed by atoms with van der Waals surface area (Å²) < 4.78 is 5.39. The summed E-state index contributed by atoms with van der Waals surface area (Å²) in [6, 6.07) is 0.0970. The highest BCUT2D eigenvalue weighted by atomic mass is 16.5. The van der Waals surface area contributed by atoms with E-state index in [0.717, 1.165) is 35.5 Å². The molecule has 0 aromatic carbocycles. The molecule has 0 aromatic heterocycles. The Labute approximate surface area is 163 Å². The number of aliphatic imine (C=N–C) groups is 1. The number of nitrogens with one attached hydrogen (secondary N) is 1. The Hall–Kier alpha value is -2.14. The molecule has 0 bridgehead atoms. The van der Waals surface area contributed by atoms with E-state index in [1.807, 2.05) is 43.9 Å². The Morgan fingerprint density at radius 1 is 1.37 bits per heavy atom. The van der Waals surface area contributed by atoms with Crippen LogP contribution in [0.5, 0.6) is 0 Å². The molecule has 2 rings (SSSR count). The van der Waals surface area contributed by atoms with E-state index in [-0.39, 0.29) is 30.0 Å². The molecule has 0 aromatic rings. The van der Waals surface area contributed by atoms with Crippen molar-refractivity contribution in [1.82, 2.24) is 10.2 Å². The lowest BCUT2D eigenvalue weighted by atomic mass is 10.0. The van der Waals surface area contributed by atoms with Crippen LogP contribution in [0.1, 0.15) is 40.5 Å². The van der Waals surface area contributed by atoms with Crippen LogP contribution in [0.15, 0.2) is 53.2 Å². The molecule has 5 heteroatoms. The van der Waals surface area contributed by atoms with Crippen LogP contribution in [0.25, 0.3) is 0 Å². The minimum absolute atomic E-state index is 0.0753. The molecule has 5 nitrogen and oxygen atoms in total. The van der Waals surface area contributed by atoms with Crippen molar-refractivity contribution in [3.05, 3.63) is 48.2 Å². The van der Waals surface area contributed by atoms with Gasteiger partial charge in [0.15, 0.2) is 0 Å². The van der Waals surface area contributed by atoms with Crippen molar-refractivity contribution in [3.63, 3.8) is 0 Å². The highest BCUT2D eigenvalue weighted by molar-refractivity contribution is 5.94. The number of nitrogens with zero attached hydrogens (tertiary/aromatic N) is 2. The fraction of sp³-hybridized carbons (Fsp3) is 0.545. The second kappa shape index (κ2) is 9.18. The van der Waals surface area contributed by atoms with Gasteiger partial charge in [-0.1, -0.05) is 32.2 Å². The Morgan fingerprint density at radius 3 is 2.70 bits per heavy atom. The molecule has 2 aliphatic rings. The monoisotopic (exact) mass is 371 g/mol. The number of allylic oxidation sites excluding steroid dienone is 3. The summed E-state index contributed by atoms with van der Waals surface area (Å²) in [5.74, 6) is 0.707. The number of hydrogen-bond acceptors (Lipinski definition) is 4. The van der Waals surface area contributed by atoms with E-state index in [2.05, 4.69) is 25.4 Å². The number of likely N-dealkylation sites (tertiary alicyclic amines) is 1. The van der Waals surface area contributed by atoms with Crippen molar-refractivity contribution in [2.75, 3.05) is 13.7 Å². The summed E-state index contributed by atoms with van der Waals surface area (Å²) in [6.45, 7) is 16.7. The van der Waals surface area contributed by atoms with Crippen LogP contribution in [-0.2, 0) is 9.53 Å². The standard InChI is InChI=1S/C22H33N3O2/c1-8-19-13-23-21(24-15(3)10-9-14(19)2)20-12-11-16(4)25(20)22(26)17(5)18(6)27-7/h8-10,16-18,20H,2-3,11-13H2,1,4-7H3,(H,23,24)/b10-9-,19-8-/t16-,17?,18+,20-/m0/s1. The van der Waals surface area contributed by atoms with E-state index in [4.69, 9.17) is 9.73 Å². The number of carbonyl (C=O) groups is 1. The largest absolute Gasteiger partial charge is 0.381 e. The molecule has 0 aliphatic carbocycles. The van der Waals surface area contributed by atoms with Gasteiger partial charge in [0.05, 0.1) is 24.6 Å². The average molecular weight is 372 g/mol. The second-order valence-electron chi connectivity index (χ2n) is 7.44. The SMILES string of the molecule is C=C1/C=C\C(=C)/C(=C\C)CN=C([C@@H]2CC[C@H](C)N2C(=O)C(C)[C@@H](C)OC)N1. The average Bonchev–Trinajstić information content (AvgIpc) is 3.06. The maximum absolute atomic E-state index is 13.2. The Morgan fingerprint density at radius 2 is 2.07 bits per heavy atom. The molecule has 2 heterocycles. The number of rotatable bonds is 4. The van der Waals surface area contributed by atoms with Crippen molar-refractivity contribution < 1.29 is 9.53 Å². The van der Waals surface area contributed by atoms with E-state index in [1.54, 1.807) is 7.11 Å². The van der Waals surface area contributed by atoms with E-state index in [0.29, 0.717) is 6.54 Å². The molecule has 1 saturated heterocycles. The number of hydrogen-bond donors (Lipinski definition) is 1. The zero-order valence-electron chi connectivity index (χ0n) is 17.3. The van der Waals surface area contributed by atoms with Gasteiger partial charge in [0.25, 0.3) is 0 Å². The highest BCUT2D eigenvalue weighted by Crippen LogP contribution is 2.28. The molecule has 0 radical (unpaired) electrons. The minimum atomic E-state index is -0.205. The highest BCUT2D eigenvalue weighted by Gasteiger charge is 2.40. The van der Waals surface area contributed by atoms with E-state index >= 15 is 0 Å². The van der Waals surface area contributed by atoms with Crippen molar-refractivity contribution in [1.29, 1.82) is 0 Å². The van der Waals surface area contributed by atoms with Crippen molar-refractivity contribution in [2.24, 2.45) is 10.9 Å².